The summed E-state index contributed by atoms with van der Waals surface area (Å²) in [4.78, 5) is 28.1. The molecular formula is C15H20N2O2. The minimum Gasteiger partial charge on any atom is -0.325 e. The van der Waals surface area contributed by atoms with Crippen molar-refractivity contribution in [1.29, 1.82) is 0 Å². The van der Waals surface area contributed by atoms with Crippen LogP contribution in [0, 0.1) is 0 Å². The Kier molecular flexibility index (Phi) is 4.20. The summed E-state index contributed by atoms with van der Waals surface area (Å²) in [6, 6.07) is 7.39. The molecule has 1 aromatic carbocycles. The molecule has 1 heterocycles. The molecular weight excluding hydrogens is 240 g/mol. The number of anilines is 1. The highest BCUT2D eigenvalue weighted by Gasteiger charge is 2.26. The van der Waals surface area contributed by atoms with Crippen molar-refractivity contribution in [3.8, 4) is 0 Å². The van der Waals surface area contributed by atoms with Crippen LogP contribution in [0.5, 0.6) is 0 Å². The second-order valence-corrected chi connectivity index (χ2v) is 4.65. The summed E-state index contributed by atoms with van der Waals surface area (Å²) in [6.07, 6.45) is 1.24. The molecule has 102 valence electrons. The van der Waals surface area contributed by atoms with Crippen molar-refractivity contribution in [3.05, 3.63) is 29.8 Å². The van der Waals surface area contributed by atoms with Crippen LogP contribution in [0.3, 0.4) is 0 Å². The van der Waals surface area contributed by atoms with Crippen LogP contribution in [0.25, 0.3) is 0 Å². The quantitative estimate of drug-likeness (QED) is 0.820. The van der Waals surface area contributed by atoms with Gasteiger partial charge in [0, 0.05) is 31.6 Å². The molecule has 0 spiro atoms. The Morgan fingerprint density at radius 2 is 1.95 bits per heavy atom. The Morgan fingerprint density at radius 1 is 1.26 bits per heavy atom. The molecule has 4 nitrogen and oxygen atoms in total. The Bertz CT molecular complexity index is 481. The molecule has 0 N–H and O–H groups in total. The molecule has 0 radical (unpaired) electrons. The highest BCUT2D eigenvalue weighted by Crippen LogP contribution is 2.27. The van der Waals surface area contributed by atoms with E-state index in [4.69, 9.17) is 0 Å². The number of Topliss-reactive ketones (excluding diaryl/α,β-unsaturated/α-hetero) is 1. The number of hydrogen-bond acceptors (Lipinski definition) is 2. The molecule has 2 rings (SSSR count). The van der Waals surface area contributed by atoms with Gasteiger partial charge in [-0.05, 0) is 32.4 Å². The molecule has 1 aliphatic heterocycles. The van der Waals surface area contributed by atoms with Crippen molar-refractivity contribution in [2.24, 2.45) is 0 Å². The zero-order valence-corrected chi connectivity index (χ0v) is 11.6. The van der Waals surface area contributed by atoms with Gasteiger partial charge in [0.25, 0.3) is 0 Å². The lowest BCUT2D eigenvalue weighted by Crippen LogP contribution is -2.43. The van der Waals surface area contributed by atoms with Gasteiger partial charge in [0.15, 0.2) is 5.78 Å². The lowest BCUT2D eigenvalue weighted by molar-refractivity contribution is 0.0983. The average molecular weight is 260 g/mol. The summed E-state index contributed by atoms with van der Waals surface area (Å²) in [5.74, 6) is 0.130. The minimum absolute atomic E-state index is 0.00727. The fraction of sp³-hybridized carbons (Fsp3) is 0.467. The van der Waals surface area contributed by atoms with Crippen LogP contribution < -0.4 is 4.90 Å². The van der Waals surface area contributed by atoms with Crippen molar-refractivity contribution in [1.82, 2.24) is 4.90 Å². The second-order valence-electron chi connectivity index (χ2n) is 4.65. The SMILES string of the molecule is CCN(CC)C(=O)N1CCCC(=O)c2ccccc21. The van der Waals surface area contributed by atoms with E-state index in [1.165, 1.54) is 0 Å². The second kappa shape index (κ2) is 5.87. The van der Waals surface area contributed by atoms with Gasteiger partial charge in [-0.2, -0.15) is 0 Å². The third kappa shape index (κ3) is 2.62. The molecule has 0 atom stereocenters. The molecule has 2 amide bonds. The molecule has 0 aliphatic carbocycles. The number of carbonyl (C=O) groups is 2. The standard InChI is InChI=1S/C15H20N2O2/c1-3-16(4-2)15(19)17-11-7-10-14(18)12-8-5-6-9-13(12)17/h5-6,8-9H,3-4,7,10-11H2,1-2H3. The number of hydrogen-bond donors (Lipinski definition) is 0. The molecule has 0 unspecified atom stereocenters. The van der Waals surface area contributed by atoms with E-state index >= 15 is 0 Å². The normalized spacial score (nSPS) is 14.8. The molecule has 0 saturated carbocycles. The number of fused-ring (bicyclic) bond motifs is 1. The first kappa shape index (κ1) is 13.6. The van der Waals surface area contributed by atoms with Crippen LogP contribution in [0.2, 0.25) is 0 Å². The number of rotatable bonds is 2. The van der Waals surface area contributed by atoms with Gasteiger partial charge in [-0.1, -0.05) is 12.1 Å². The summed E-state index contributed by atoms with van der Waals surface area (Å²) < 4.78 is 0. The molecule has 4 heteroatoms. The van der Waals surface area contributed by atoms with E-state index in [1.807, 2.05) is 38.1 Å². The predicted molar refractivity (Wildman–Crippen MR) is 75.7 cm³/mol. The van der Waals surface area contributed by atoms with Gasteiger partial charge in [-0.25, -0.2) is 4.79 Å². The summed E-state index contributed by atoms with van der Waals surface area (Å²) in [7, 11) is 0. The van der Waals surface area contributed by atoms with E-state index in [0.717, 1.165) is 12.1 Å². The van der Waals surface area contributed by atoms with Gasteiger partial charge in [-0.3, -0.25) is 9.69 Å². The van der Waals surface area contributed by atoms with Crippen LogP contribution >= 0.6 is 0 Å². The van der Waals surface area contributed by atoms with Crippen LogP contribution in [0.1, 0.15) is 37.0 Å². The predicted octanol–water partition coefficient (Wildman–Crippen LogP) is 2.93. The number of carbonyl (C=O) groups excluding carboxylic acids is 2. The number of para-hydroxylation sites is 1. The van der Waals surface area contributed by atoms with Crippen LogP contribution in [0.4, 0.5) is 10.5 Å². The molecule has 0 bridgehead atoms. The maximum atomic E-state index is 12.5. The van der Waals surface area contributed by atoms with Crippen molar-refractivity contribution < 1.29 is 9.59 Å². The zero-order valence-electron chi connectivity index (χ0n) is 11.6. The van der Waals surface area contributed by atoms with Gasteiger partial charge < -0.3 is 4.90 Å². The minimum atomic E-state index is -0.00727. The Labute approximate surface area is 114 Å². The van der Waals surface area contributed by atoms with E-state index in [-0.39, 0.29) is 11.8 Å². The van der Waals surface area contributed by atoms with Crippen LogP contribution in [-0.4, -0.2) is 36.3 Å². The van der Waals surface area contributed by atoms with Gasteiger partial charge in [0.1, 0.15) is 0 Å². The molecule has 0 fully saturated rings. The first-order valence-corrected chi connectivity index (χ1v) is 6.87. The molecule has 1 aromatic rings. The fourth-order valence-corrected chi connectivity index (χ4v) is 2.46. The number of benzene rings is 1. The lowest BCUT2D eigenvalue weighted by atomic mass is 10.1. The molecule has 0 aromatic heterocycles. The maximum Gasteiger partial charge on any atom is 0.324 e. The van der Waals surface area contributed by atoms with E-state index in [0.29, 0.717) is 31.6 Å². The van der Waals surface area contributed by atoms with Crippen molar-refractivity contribution in [2.75, 3.05) is 24.5 Å². The van der Waals surface area contributed by atoms with Crippen LogP contribution in [-0.2, 0) is 0 Å². The smallest absolute Gasteiger partial charge is 0.324 e. The Balaban J connectivity index is 2.38. The number of urea groups is 1. The van der Waals surface area contributed by atoms with Crippen molar-refractivity contribution >= 4 is 17.5 Å². The fourth-order valence-electron chi connectivity index (χ4n) is 2.46. The summed E-state index contributed by atoms with van der Waals surface area (Å²) >= 11 is 0. The monoisotopic (exact) mass is 260 g/mol. The molecule has 0 saturated heterocycles. The van der Waals surface area contributed by atoms with Gasteiger partial charge in [0.05, 0.1) is 5.69 Å². The van der Waals surface area contributed by atoms with E-state index in [1.54, 1.807) is 9.80 Å². The maximum absolute atomic E-state index is 12.5. The summed E-state index contributed by atoms with van der Waals surface area (Å²) in [6.45, 7) is 5.91. The highest BCUT2D eigenvalue weighted by atomic mass is 16.2. The van der Waals surface area contributed by atoms with Gasteiger partial charge in [0.2, 0.25) is 0 Å². The van der Waals surface area contributed by atoms with E-state index < -0.39 is 0 Å². The Hall–Kier alpha value is -1.84. The summed E-state index contributed by atoms with van der Waals surface area (Å²) in [5.41, 5.74) is 1.42. The Morgan fingerprint density at radius 3 is 2.63 bits per heavy atom. The first-order valence-electron chi connectivity index (χ1n) is 6.87. The van der Waals surface area contributed by atoms with Crippen molar-refractivity contribution in [3.63, 3.8) is 0 Å². The summed E-state index contributed by atoms with van der Waals surface area (Å²) in [5, 5.41) is 0. The van der Waals surface area contributed by atoms with Gasteiger partial charge in [-0.15, -0.1) is 0 Å². The molecule has 1 aliphatic rings. The lowest BCUT2D eigenvalue weighted by Gasteiger charge is -2.29. The van der Waals surface area contributed by atoms with E-state index in [9.17, 15) is 9.59 Å². The van der Waals surface area contributed by atoms with Crippen LogP contribution in [0.15, 0.2) is 24.3 Å². The molecule has 19 heavy (non-hydrogen) atoms. The topological polar surface area (TPSA) is 40.6 Å². The number of amides is 2. The van der Waals surface area contributed by atoms with Gasteiger partial charge >= 0.3 is 6.03 Å². The first-order chi connectivity index (χ1) is 9.19. The zero-order chi connectivity index (χ0) is 13.8. The van der Waals surface area contributed by atoms with Crippen molar-refractivity contribution in [2.45, 2.75) is 26.7 Å². The average Bonchev–Trinajstić information content (AvgIpc) is 2.60. The number of nitrogens with zero attached hydrogens (tertiary/aromatic N) is 2. The largest absolute Gasteiger partial charge is 0.325 e. The highest BCUT2D eigenvalue weighted by molar-refractivity contribution is 6.06. The van der Waals surface area contributed by atoms with E-state index in [2.05, 4.69) is 0 Å². The number of ketones is 1. The third-order valence-corrected chi connectivity index (χ3v) is 3.55. The third-order valence-electron chi connectivity index (χ3n) is 3.55.